The molecule has 0 bridgehead atoms. The number of nitro benzene ring substituents is 1. The van der Waals surface area contributed by atoms with E-state index in [0.29, 0.717) is 5.56 Å². The van der Waals surface area contributed by atoms with Gasteiger partial charge in [0.05, 0.1) is 11.5 Å². The lowest BCUT2D eigenvalue weighted by molar-refractivity contribution is -0.384. The number of nitrogens with zero attached hydrogens (tertiary/aromatic N) is 1. The van der Waals surface area contributed by atoms with Crippen molar-refractivity contribution in [2.45, 2.75) is 0 Å². The number of para-hydroxylation sites is 1. The number of aliphatic hydroxyl groups excluding tert-OH is 1. The van der Waals surface area contributed by atoms with Gasteiger partial charge in [0, 0.05) is 17.7 Å². The highest BCUT2D eigenvalue weighted by Gasteiger charge is 2.07. The zero-order valence-corrected chi connectivity index (χ0v) is 11.7. The summed E-state index contributed by atoms with van der Waals surface area (Å²) in [7, 11) is 0. The van der Waals surface area contributed by atoms with Crippen LogP contribution >= 0.6 is 0 Å². The summed E-state index contributed by atoms with van der Waals surface area (Å²) in [6.07, 6.45) is 3.48. The average molecular weight is 301 g/mol. The number of hydrogen-bond acceptors (Lipinski definition) is 5. The number of nitro groups is 1. The lowest BCUT2D eigenvalue weighted by Gasteiger charge is -2.09. The van der Waals surface area contributed by atoms with Gasteiger partial charge in [-0.2, -0.15) is 0 Å². The van der Waals surface area contributed by atoms with Gasteiger partial charge in [0.1, 0.15) is 6.61 Å². The van der Waals surface area contributed by atoms with E-state index in [1.807, 2.05) is 0 Å². The summed E-state index contributed by atoms with van der Waals surface area (Å²) in [5, 5.41) is 29.2. The van der Waals surface area contributed by atoms with E-state index < -0.39 is 4.92 Å². The van der Waals surface area contributed by atoms with Gasteiger partial charge < -0.3 is 14.9 Å². The minimum atomic E-state index is -0.455. The van der Waals surface area contributed by atoms with Crippen molar-refractivity contribution in [3.05, 3.63) is 63.7 Å². The Kier molecular flexibility index (Phi) is 5.11. The summed E-state index contributed by atoms with van der Waals surface area (Å²) < 4.78 is 5.32. The number of ether oxygens (including phenoxy) is 1. The van der Waals surface area contributed by atoms with Crippen LogP contribution in [0.1, 0.15) is 11.1 Å². The summed E-state index contributed by atoms with van der Waals surface area (Å²) in [6.45, 7) is -0.0736. The molecular formula is C16H15NO5. The van der Waals surface area contributed by atoms with Crippen molar-refractivity contribution in [1.82, 2.24) is 0 Å². The first-order valence-electron chi connectivity index (χ1n) is 6.60. The van der Waals surface area contributed by atoms with Crippen molar-refractivity contribution in [2.24, 2.45) is 0 Å². The molecule has 0 heterocycles. The van der Waals surface area contributed by atoms with E-state index in [1.54, 1.807) is 36.4 Å². The monoisotopic (exact) mass is 301 g/mol. The number of non-ortho nitro benzene ring substituents is 1. The molecule has 0 saturated carbocycles. The highest BCUT2D eigenvalue weighted by Crippen LogP contribution is 2.31. The topological polar surface area (TPSA) is 92.8 Å². The standard InChI is InChI=1S/C16H15NO5/c18-10-11-22-16-13(2-1-3-15(16)19)7-4-12-5-8-14(9-6-12)17(20)21/h1-9,18-19H,10-11H2. The van der Waals surface area contributed by atoms with Crippen LogP contribution in [-0.2, 0) is 0 Å². The van der Waals surface area contributed by atoms with Crippen LogP contribution in [0, 0.1) is 10.1 Å². The van der Waals surface area contributed by atoms with Gasteiger partial charge in [-0.15, -0.1) is 0 Å². The number of aliphatic hydroxyl groups is 1. The van der Waals surface area contributed by atoms with Crippen LogP contribution in [0.4, 0.5) is 5.69 Å². The predicted octanol–water partition coefficient (Wildman–Crippen LogP) is 2.84. The second-order valence-electron chi connectivity index (χ2n) is 4.45. The van der Waals surface area contributed by atoms with Crippen LogP contribution < -0.4 is 4.74 Å². The Hall–Kier alpha value is -2.86. The molecule has 0 spiro atoms. The Balaban J connectivity index is 2.22. The van der Waals surface area contributed by atoms with Crippen LogP contribution in [0.25, 0.3) is 12.2 Å². The van der Waals surface area contributed by atoms with Crippen molar-refractivity contribution in [3.63, 3.8) is 0 Å². The van der Waals surface area contributed by atoms with Gasteiger partial charge >= 0.3 is 0 Å². The molecule has 0 aliphatic rings. The van der Waals surface area contributed by atoms with Crippen LogP contribution in [-0.4, -0.2) is 28.4 Å². The minimum Gasteiger partial charge on any atom is -0.504 e. The Morgan fingerprint density at radius 3 is 2.50 bits per heavy atom. The molecule has 2 aromatic rings. The SMILES string of the molecule is O=[N+]([O-])c1ccc(C=Cc2cccc(O)c2OCCO)cc1. The first kappa shape index (κ1) is 15.5. The zero-order valence-electron chi connectivity index (χ0n) is 11.7. The van der Waals surface area contributed by atoms with E-state index in [2.05, 4.69) is 0 Å². The summed E-state index contributed by atoms with van der Waals surface area (Å²) >= 11 is 0. The maximum absolute atomic E-state index is 10.6. The molecule has 0 aromatic heterocycles. The quantitative estimate of drug-likeness (QED) is 0.486. The largest absolute Gasteiger partial charge is 0.504 e. The third kappa shape index (κ3) is 3.83. The Labute approximate surface area is 127 Å². The number of phenols is 1. The first-order chi connectivity index (χ1) is 10.6. The molecule has 114 valence electrons. The number of rotatable bonds is 6. The molecule has 6 nitrogen and oxygen atoms in total. The van der Waals surface area contributed by atoms with Crippen molar-refractivity contribution in [1.29, 1.82) is 0 Å². The van der Waals surface area contributed by atoms with E-state index >= 15 is 0 Å². The second-order valence-corrected chi connectivity index (χ2v) is 4.45. The zero-order chi connectivity index (χ0) is 15.9. The molecule has 0 saturated heterocycles. The van der Waals surface area contributed by atoms with Crippen molar-refractivity contribution < 1.29 is 19.9 Å². The lowest BCUT2D eigenvalue weighted by Crippen LogP contribution is -2.02. The summed E-state index contributed by atoms with van der Waals surface area (Å²) in [4.78, 5) is 10.1. The predicted molar refractivity (Wildman–Crippen MR) is 82.7 cm³/mol. The highest BCUT2D eigenvalue weighted by molar-refractivity contribution is 5.74. The van der Waals surface area contributed by atoms with Gasteiger partial charge in [0.15, 0.2) is 11.5 Å². The van der Waals surface area contributed by atoms with Crippen LogP contribution in [0.15, 0.2) is 42.5 Å². The van der Waals surface area contributed by atoms with Crippen LogP contribution in [0.3, 0.4) is 0 Å². The molecule has 0 atom stereocenters. The van der Waals surface area contributed by atoms with E-state index in [-0.39, 0.29) is 30.4 Å². The average Bonchev–Trinajstić information content (AvgIpc) is 2.52. The van der Waals surface area contributed by atoms with Crippen molar-refractivity contribution in [3.8, 4) is 11.5 Å². The van der Waals surface area contributed by atoms with Crippen LogP contribution in [0.2, 0.25) is 0 Å². The molecule has 2 aromatic carbocycles. The minimum absolute atomic E-state index is 0.0145. The lowest BCUT2D eigenvalue weighted by atomic mass is 10.1. The maximum Gasteiger partial charge on any atom is 0.269 e. The number of aromatic hydroxyl groups is 1. The molecule has 0 fully saturated rings. The van der Waals surface area contributed by atoms with Crippen molar-refractivity contribution >= 4 is 17.8 Å². The molecule has 0 radical (unpaired) electrons. The van der Waals surface area contributed by atoms with Gasteiger partial charge in [-0.3, -0.25) is 10.1 Å². The van der Waals surface area contributed by atoms with E-state index in [4.69, 9.17) is 9.84 Å². The summed E-state index contributed by atoms with van der Waals surface area (Å²) in [5.41, 5.74) is 1.45. The molecule has 6 heteroatoms. The summed E-state index contributed by atoms with van der Waals surface area (Å²) in [6, 6.07) is 11.0. The first-order valence-corrected chi connectivity index (χ1v) is 6.60. The number of benzene rings is 2. The fourth-order valence-electron chi connectivity index (χ4n) is 1.87. The van der Waals surface area contributed by atoms with Gasteiger partial charge in [0.25, 0.3) is 5.69 Å². The Bertz CT molecular complexity index is 679. The molecule has 0 aliphatic carbocycles. The van der Waals surface area contributed by atoms with Crippen molar-refractivity contribution in [2.75, 3.05) is 13.2 Å². The second kappa shape index (κ2) is 7.24. The Morgan fingerprint density at radius 2 is 1.86 bits per heavy atom. The fraction of sp³-hybridized carbons (Fsp3) is 0.125. The molecule has 0 amide bonds. The van der Waals surface area contributed by atoms with Gasteiger partial charge in [0.2, 0.25) is 0 Å². The molecule has 0 unspecified atom stereocenters. The van der Waals surface area contributed by atoms with E-state index in [1.165, 1.54) is 18.2 Å². The third-order valence-electron chi connectivity index (χ3n) is 2.92. The van der Waals surface area contributed by atoms with Gasteiger partial charge in [-0.05, 0) is 23.8 Å². The van der Waals surface area contributed by atoms with E-state index in [0.717, 1.165) is 5.56 Å². The fourth-order valence-corrected chi connectivity index (χ4v) is 1.87. The van der Waals surface area contributed by atoms with Gasteiger partial charge in [-0.25, -0.2) is 0 Å². The molecule has 2 rings (SSSR count). The van der Waals surface area contributed by atoms with Gasteiger partial charge in [-0.1, -0.05) is 24.3 Å². The highest BCUT2D eigenvalue weighted by atomic mass is 16.6. The Morgan fingerprint density at radius 1 is 1.14 bits per heavy atom. The molecule has 22 heavy (non-hydrogen) atoms. The maximum atomic E-state index is 10.6. The summed E-state index contributed by atoms with van der Waals surface area (Å²) in [5.74, 6) is 0.272. The van der Waals surface area contributed by atoms with Crippen LogP contribution in [0.5, 0.6) is 11.5 Å². The van der Waals surface area contributed by atoms with E-state index in [9.17, 15) is 15.2 Å². The molecular weight excluding hydrogens is 286 g/mol. The normalized spacial score (nSPS) is 10.8. The third-order valence-corrected chi connectivity index (χ3v) is 2.92. The smallest absolute Gasteiger partial charge is 0.269 e. The number of phenolic OH excluding ortho intramolecular Hbond substituents is 1. The molecule has 0 aliphatic heterocycles. The number of hydrogen-bond donors (Lipinski definition) is 2. The molecule has 2 N–H and O–H groups in total.